The van der Waals surface area contributed by atoms with Gasteiger partial charge in [0.25, 0.3) is 0 Å². The molecular formula is C55H87N7O14. The molecule has 1 fully saturated rings. The zero-order valence-electron chi connectivity index (χ0n) is 46.4. The number of hydrogen-bond acceptors (Lipinski definition) is 15. The molecule has 3 rings (SSSR count). The van der Waals surface area contributed by atoms with Gasteiger partial charge in [0.1, 0.15) is 18.7 Å². The highest BCUT2D eigenvalue weighted by Gasteiger charge is 2.42. The molecule has 0 bridgehead atoms. The number of nitrogens with two attached hydrogens (primary N) is 1. The minimum Gasteiger partial charge on any atom is -0.480 e. The van der Waals surface area contributed by atoms with Crippen LogP contribution in [0.1, 0.15) is 83.9 Å². The number of carbonyl (C=O) groups excluding carboxylic acids is 4. The SMILES string of the molecule is CCC(C)C(C(CC(=O)N1CCCC1C(OC)C(C)C(=O)NC(Cc1ccccc1)C(=O)O)OC)N(C)C(=O)CNC(=O)C(C(C)C)N(C)CCOCCOCCOCCO/N=C(\C)c1ccc(CC(N)C(=O)O)cc1. The number of amides is 4. The first kappa shape index (κ1) is 64.7. The summed E-state index contributed by atoms with van der Waals surface area (Å²) in [6, 6.07) is 12.7. The summed E-state index contributed by atoms with van der Waals surface area (Å²) in [5.74, 6) is -4.49. The molecule has 4 amide bonds. The number of ether oxygens (including phenoxy) is 5. The van der Waals surface area contributed by atoms with Gasteiger partial charge < -0.3 is 64.9 Å². The second kappa shape index (κ2) is 34.3. The van der Waals surface area contributed by atoms with Crippen LogP contribution in [0.15, 0.2) is 59.8 Å². The Labute approximate surface area is 449 Å². The van der Waals surface area contributed by atoms with Crippen LogP contribution in [0.5, 0.6) is 0 Å². The summed E-state index contributed by atoms with van der Waals surface area (Å²) in [5.41, 5.74) is 8.70. The first-order chi connectivity index (χ1) is 36.2. The lowest BCUT2D eigenvalue weighted by molar-refractivity contribution is -0.147. The van der Waals surface area contributed by atoms with Gasteiger partial charge in [0.15, 0.2) is 0 Å². The van der Waals surface area contributed by atoms with Crippen LogP contribution in [0.4, 0.5) is 0 Å². The molecular weight excluding hydrogens is 983 g/mol. The van der Waals surface area contributed by atoms with E-state index in [0.717, 1.165) is 16.7 Å². The van der Waals surface area contributed by atoms with Gasteiger partial charge in [0.05, 0.1) is 94.6 Å². The third-order valence-electron chi connectivity index (χ3n) is 14.0. The van der Waals surface area contributed by atoms with Crippen molar-refractivity contribution in [3.05, 3.63) is 71.3 Å². The number of hydrogen-bond donors (Lipinski definition) is 5. The highest BCUT2D eigenvalue weighted by Crippen LogP contribution is 2.29. The lowest BCUT2D eigenvalue weighted by atomic mass is 9.90. The molecule has 426 valence electrons. The normalized spacial score (nSPS) is 17.0. The summed E-state index contributed by atoms with van der Waals surface area (Å²) < 4.78 is 28.8. The average Bonchev–Trinajstić information content (AvgIpc) is 3.88. The molecule has 2 aromatic rings. The summed E-state index contributed by atoms with van der Waals surface area (Å²) >= 11 is 0. The van der Waals surface area contributed by atoms with Crippen molar-refractivity contribution in [2.45, 2.75) is 122 Å². The molecule has 0 radical (unpaired) electrons. The Morgan fingerprint density at radius 2 is 1.41 bits per heavy atom. The molecule has 0 saturated carbocycles. The zero-order chi connectivity index (χ0) is 56.3. The number of carboxylic acid groups (broad SMARTS) is 2. The van der Waals surface area contributed by atoms with E-state index in [-0.39, 0.29) is 62.0 Å². The number of aliphatic carboxylic acids is 2. The summed E-state index contributed by atoms with van der Waals surface area (Å²) in [5, 5.41) is 28.6. The van der Waals surface area contributed by atoms with E-state index in [4.69, 9.17) is 39.4 Å². The van der Waals surface area contributed by atoms with Crippen LogP contribution in [-0.2, 0) is 70.1 Å². The number of likely N-dealkylation sites (N-methyl/N-ethyl adjacent to an activating group) is 2. The standard InChI is InChI=1S/C55H87N7O14/c1-11-37(4)50(46(71-9)34-47(63)62-23-15-18-45(62)51(72-10)38(5)52(65)58-44(55(69)70)33-40-16-13-12-14-17-40)61(8)48(64)35-57-53(66)49(36(2)3)60(7)24-25-73-26-27-74-28-29-75-30-31-76-59-39(6)42-21-19-41(20-22-42)32-43(56)54(67)68/h12-14,16-17,19-22,36-38,43-46,49-51H,11,15,18,23-35,56H2,1-10H3,(H,57,66)(H,58,65)(H,67,68)(H,69,70)/b59-39+. The third-order valence-corrected chi connectivity index (χ3v) is 14.0. The highest BCUT2D eigenvalue weighted by atomic mass is 16.6. The predicted molar refractivity (Wildman–Crippen MR) is 286 cm³/mol. The molecule has 21 heteroatoms. The third kappa shape index (κ3) is 21.1. The molecule has 0 aromatic heterocycles. The molecule has 9 unspecified atom stereocenters. The Bertz CT molecular complexity index is 2120. The first-order valence-corrected chi connectivity index (χ1v) is 26.4. The second-order valence-corrected chi connectivity index (χ2v) is 19.8. The van der Waals surface area contributed by atoms with E-state index in [1.807, 2.05) is 89.0 Å². The molecule has 76 heavy (non-hydrogen) atoms. The van der Waals surface area contributed by atoms with E-state index in [1.165, 1.54) is 14.2 Å². The van der Waals surface area contributed by atoms with Crippen LogP contribution in [0.3, 0.4) is 0 Å². The smallest absolute Gasteiger partial charge is 0.326 e. The summed E-state index contributed by atoms with van der Waals surface area (Å²) in [6.45, 7) is 14.3. The molecule has 2 aromatic carbocycles. The van der Waals surface area contributed by atoms with Crippen molar-refractivity contribution < 1.29 is 67.5 Å². The maximum absolute atomic E-state index is 14.2. The topological polar surface area (TPSA) is 270 Å². The molecule has 0 spiro atoms. The minimum absolute atomic E-state index is 0.0476. The van der Waals surface area contributed by atoms with Gasteiger partial charge in [-0.3, -0.25) is 28.9 Å². The predicted octanol–water partition coefficient (Wildman–Crippen LogP) is 3.24. The molecule has 1 heterocycles. The molecule has 1 saturated heterocycles. The van der Waals surface area contributed by atoms with Crippen LogP contribution in [0.25, 0.3) is 0 Å². The Kier molecular flexibility index (Phi) is 29.2. The minimum atomic E-state index is -1.15. The molecule has 21 nitrogen and oxygen atoms in total. The number of likely N-dealkylation sites (tertiary alicyclic amines) is 1. The monoisotopic (exact) mass is 1070 g/mol. The van der Waals surface area contributed by atoms with Gasteiger partial charge in [0, 0.05) is 40.8 Å². The number of nitrogens with zero attached hydrogens (tertiary/aromatic N) is 4. The maximum atomic E-state index is 14.2. The number of nitrogens with one attached hydrogen (secondary N) is 2. The van der Waals surface area contributed by atoms with Crippen LogP contribution < -0.4 is 16.4 Å². The van der Waals surface area contributed by atoms with Crippen LogP contribution in [0, 0.1) is 17.8 Å². The quantitative estimate of drug-likeness (QED) is 0.0369. The maximum Gasteiger partial charge on any atom is 0.326 e. The lowest BCUT2D eigenvalue weighted by Gasteiger charge is -2.39. The Balaban J connectivity index is 1.42. The number of rotatable bonds is 37. The average molecular weight is 1070 g/mol. The Morgan fingerprint density at radius 1 is 0.803 bits per heavy atom. The molecule has 0 aliphatic carbocycles. The van der Waals surface area contributed by atoms with Gasteiger partial charge in [0.2, 0.25) is 23.6 Å². The van der Waals surface area contributed by atoms with E-state index in [9.17, 15) is 33.9 Å². The number of carboxylic acids is 2. The fourth-order valence-corrected chi connectivity index (χ4v) is 9.49. The lowest BCUT2D eigenvalue weighted by Crippen LogP contribution is -2.55. The van der Waals surface area contributed by atoms with E-state index in [0.29, 0.717) is 77.7 Å². The van der Waals surface area contributed by atoms with Gasteiger partial charge in [-0.25, -0.2) is 4.79 Å². The fourth-order valence-electron chi connectivity index (χ4n) is 9.49. The summed E-state index contributed by atoms with van der Waals surface area (Å²) in [7, 11) is 6.49. The Morgan fingerprint density at radius 3 is 1.97 bits per heavy atom. The second-order valence-electron chi connectivity index (χ2n) is 19.8. The largest absolute Gasteiger partial charge is 0.480 e. The van der Waals surface area contributed by atoms with Gasteiger partial charge in [-0.2, -0.15) is 0 Å². The number of methoxy groups -OCH3 is 2. The summed E-state index contributed by atoms with van der Waals surface area (Å²) in [4.78, 5) is 89.0. The van der Waals surface area contributed by atoms with Crippen molar-refractivity contribution in [1.29, 1.82) is 0 Å². The van der Waals surface area contributed by atoms with Crippen LogP contribution in [0.2, 0.25) is 0 Å². The van der Waals surface area contributed by atoms with E-state index >= 15 is 0 Å². The van der Waals surface area contributed by atoms with Crippen LogP contribution in [-0.4, -0.2) is 203 Å². The van der Waals surface area contributed by atoms with Crippen molar-refractivity contribution in [3.63, 3.8) is 0 Å². The van der Waals surface area contributed by atoms with Crippen molar-refractivity contribution >= 4 is 41.3 Å². The number of oxime groups is 1. The van der Waals surface area contributed by atoms with Crippen molar-refractivity contribution in [3.8, 4) is 0 Å². The zero-order valence-corrected chi connectivity index (χ0v) is 46.4. The van der Waals surface area contributed by atoms with Gasteiger partial charge in [-0.15, -0.1) is 0 Å². The molecule has 1 aliphatic rings. The molecule has 9 atom stereocenters. The van der Waals surface area contributed by atoms with Gasteiger partial charge in [-0.1, -0.05) is 101 Å². The Hall–Kier alpha value is -5.55. The summed E-state index contributed by atoms with van der Waals surface area (Å²) in [6.07, 6.45) is 0.835. The van der Waals surface area contributed by atoms with Crippen molar-refractivity contribution in [2.24, 2.45) is 28.6 Å². The van der Waals surface area contributed by atoms with E-state index in [1.54, 1.807) is 35.9 Å². The molecule has 6 N–H and O–H groups in total. The van der Waals surface area contributed by atoms with E-state index < -0.39 is 66.2 Å². The highest BCUT2D eigenvalue weighted by molar-refractivity contribution is 5.98. The number of carbonyl (C=O) groups is 6. The van der Waals surface area contributed by atoms with Crippen molar-refractivity contribution in [2.75, 3.05) is 94.2 Å². The van der Waals surface area contributed by atoms with Crippen molar-refractivity contribution in [1.82, 2.24) is 25.3 Å². The van der Waals surface area contributed by atoms with Gasteiger partial charge in [-0.05, 0) is 61.8 Å². The van der Waals surface area contributed by atoms with Crippen LogP contribution >= 0.6 is 0 Å². The van der Waals surface area contributed by atoms with E-state index in [2.05, 4.69) is 15.8 Å². The van der Waals surface area contributed by atoms with Gasteiger partial charge >= 0.3 is 11.9 Å². The fraction of sp³-hybridized carbons (Fsp3) is 0.655. The molecule has 1 aliphatic heterocycles. The first-order valence-electron chi connectivity index (χ1n) is 26.4. The number of benzene rings is 2.